The van der Waals surface area contributed by atoms with Gasteiger partial charge in [-0.25, -0.2) is 4.98 Å². The largest absolute Gasteiger partial charge is 0.497 e. The van der Waals surface area contributed by atoms with E-state index in [0.29, 0.717) is 11.8 Å². The Balaban J connectivity index is 1.76. The Bertz CT molecular complexity index is 590. The van der Waals surface area contributed by atoms with Crippen LogP contribution in [-0.4, -0.2) is 16.5 Å². The van der Waals surface area contributed by atoms with Crippen molar-refractivity contribution in [3.63, 3.8) is 0 Å². The van der Waals surface area contributed by atoms with E-state index in [2.05, 4.69) is 40.7 Å². The summed E-state index contributed by atoms with van der Waals surface area (Å²) in [6.45, 7) is 4.43. The average molecular weight is 303 g/mol. The summed E-state index contributed by atoms with van der Waals surface area (Å²) >= 11 is 1.47. The second-order valence-electron chi connectivity index (χ2n) is 5.87. The highest BCUT2D eigenvalue weighted by Crippen LogP contribution is 2.39. The van der Waals surface area contributed by atoms with Gasteiger partial charge in [0.25, 0.3) is 0 Å². The zero-order valence-electron chi connectivity index (χ0n) is 12.7. The Kier molecular flexibility index (Phi) is 4.10. The maximum Gasteiger partial charge on any atom is 0.203 e. The summed E-state index contributed by atoms with van der Waals surface area (Å²) in [5, 5.41) is 4.46. The highest BCUT2D eigenvalue weighted by atomic mass is 32.1. The summed E-state index contributed by atoms with van der Waals surface area (Å²) in [5.74, 6) is 2.97. The fourth-order valence-electron chi connectivity index (χ4n) is 2.38. The first kappa shape index (κ1) is 14.3. The number of benzene rings is 1. The highest BCUT2D eigenvalue weighted by Gasteiger charge is 2.28. The summed E-state index contributed by atoms with van der Waals surface area (Å²) in [6, 6.07) is 8.46. The fraction of sp³-hybridized carbons (Fsp3) is 0.500. The Hall–Kier alpha value is -1.62. The molecule has 0 radical (unpaired) electrons. The molecule has 0 saturated heterocycles. The normalized spacial score (nSPS) is 16.0. The molecule has 1 aliphatic carbocycles. The van der Waals surface area contributed by atoms with Crippen LogP contribution in [0.15, 0.2) is 24.3 Å². The number of anilines is 1. The third kappa shape index (κ3) is 3.35. The van der Waals surface area contributed by atoms with Crippen molar-refractivity contribution in [3.05, 3.63) is 35.7 Å². The molecule has 21 heavy (non-hydrogen) atoms. The molecule has 1 saturated carbocycles. The van der Waals surface area contributed by atoms with Gasteiger partial charge in [-0.1, -0.05) is 26.0 Å². The van der Waals surface area contributed by atoms with E-state index in [4.69, 9.17) is 4.74 Å². The number of nitrogens with one attached hydrogen (secondary N) is 1. The van der Waals surface area contributed by atoms with Gasteiger partial charge in [0.15, 0.2) is 0 Å². The van der Waals surface area contributed by atoms with Crippen molar-refractivity contribution in [1.29, 1.82) is 0 Å². The predicted molar refractivity (Wildman–Crippen MR) is 86.1 cm³/mol. The molecule has 112 valence electrons. The zero-order chi connectivity index (χ0) is 14.8. The fourth-order valence-corrected chi connectivity index (χ4v) is 3.06. The second kappa shape index (κ2) is 6.02. The molecule has 1 N–H and O–H groups in total. The lowest BCUT2D eigenvalue weighted by molar-refractivity contribution is 0.414. The lowest BCUT2D eigenvalue weighted by atomic mass is 9.96. The van der Waals surface area contributed by atoms with Gasteiger partial charge in [0.1, 0.15) is 11.6 Å². The topological polar surface area (TPSA) is 47.0 Å². The minimum Gasteiger partial charge on any atom is -0.497 e. The van der Waals surface area contributed by atoms with E-state index < -0.39 is 0 Å². The van der Waals surface area contributed by atoms with E-state index in [9.17, 15) is 0 Å². The molecule has 1 heterocycles. The van der Waals surface area contributed by atoms with Gasteiger partial charge >= 0.3 is 0 Å². The summed E-state index contributed by atoms with van der Waals surface area (Å²) < 4.78 is 9.68. The van der Waals surface area contributed by atoms with Crippen molar-refractivity contribution in [3.8, 4) is 5.75 Å². The van der Waals surface area contributed by atoms with Gasteiger partial charge in [0.2, 0.25) is 5.13 Å². The van der Waals surface area contributed by atoms with Gasteiger partial charge in [-0.15, -0.1) is 0 Å². The van der Waals surface area contributed by atoms with Gasteiger partial charge in [-0.05, 0) is 36.5 Å². The van der Waals surface area contributed by atoms with Crippen molar-refractivity contribution >= 4 is 16.7 Å². The Labute approximate surface area is 129 Å². The molecular formula is C16H21N3OS. The SMILES string of the molecule is COc1ccc(C(Nc2nc(C3CC3)ns2)C(C)C)cc1. The van der Waals surface area contributed by atoms with Crippen LogP contribution in [0.5, 0.6) is 5.75 Å². The van der Waals surface area contributed by atoms with Crippen LogP contribution < -0.4 is 10.1 Å². The minimum absolute atomic E-state index is 0.232. The number of methoxy groups -OCH3 is 1. The zero-order valence-corrected chi connectivity index (χ0v) is 13.5. The molecule has 1 atom stereocenters. The Morgan fingerprint density at radius 1 is 1.24 bits per heavy atom. The van der Waals surface area contributed by atoms with E-state index in [1.165, 1.54) is 29.9 Å². The first-order valence-corrected chi connectivity index (χ1v) is 8.19. The molecule has 1 unspecified atom stereocenters. The molecule has 5 heteroatoms. The van der Waals surface area contributed by atoms with Crippen LogP contribution in [0.25, 0.3) is 0 Å². The summed E-state index contributed by atoms with van der Waals surface area (Å²) in [7, 11) is 1.69. The monoisotopic (exact) mass is 303 g/mol. The number of nitrogens with zero attached hydrogens (tertiary/aromatic N) is 2. The maximum absolute atomic E-state index is 5.22. The number of aromatic nitrogens is 2. The van der Waals surface area contributed by atoms with Gasteiger partial charge in [0.05, 0.1) is 13.2 Å². The van der Waals surface area contributed by atoms with Crippen LogP contribution in [0.2, 0.25) is 0 Å². The molecule has 0 bridgehead atoms. The highest BCUT2D eigenvalue weighted by molar-refractivity contribution is 7.09. The third-order valence-corrected chi connectivity index (χ3v) is 4.47. The third-order valence-electron chi connectivity index (χ3n) is 3.80. The molecule has 3 rings (SSSR count). The Morgan fingerprint density at radius 2 is 1.95 bits per heavy atom. The van der Waals surface area contributed by atoms with Crippen LogP contribution in [0, 0.1) is 5.92 Å². The quantitative estimate of drug-likeness (QED) is 0.867. The predicted octanol–water partition coefficient (Wildman–Crippen LogP) is 4.23. The van der Waals surface area contributed by atoms with Crippen LogP contribution in [-0.2, 0) is 0 Å². The maximum atomic E-state index is 5.22. The summed E-state index contributed by atoms with van der Waals surface area (Å²) in [5.41, 5.74) is 1.24. The van der Waals surface area contributed by atoms with E-state index in [1.54, 1.807) is 7.11 Å². The van der Waals surface area contributed by atoms with Gasteiger partial charge in [-0.3, -0.25) is 0 Å². The molecule has 0 spiro atoms. The van der Waals surface area contributed by atoms with Gasteiger partial charge in [0, 0.05) is 17.5 Å². The first-order chi connectivity index (χ1) is 10.2. The molecule has 1 fully saturated rings. The molecule has 4 nitrogen and oxygen atoms in total. The summed E-state index contributed by atoms with van der Waals surface area (Å²) in [6.07, 6.45) is 2.48. The number of hydrogen-bond donors (Lipinski definition) is 1. The van der Waals surface area contributed by atoms with Crippen molar-refractivity contribution in [2.75, 3.05) is 12.4 Å². The van der Waals surface area contributed by atoms with Crippen molar-refractivity contribution in [2.24, 2.45) is 5.92 Å². The first-order valence-electron chi connectivity index (χ1n) is 7.41. The molecule has 1 aliphatic rings. The van der Waals surface area contributed by atoms with Crippen molar-refractivity contribution in [2.45, 2.75) is 38.6 Å². The number of hydrogen-bond acceptors (Lipinski definition) is 5. The average Bonchev–Trinajstić information content (AvgIpc) is 3.24. The van der Waals surface area contributed by atoms with Crippen LogP contribution in [0.4, 0.5) is 5.13 Å². The van der Waals surface area contributed by atoms with E-state index in [1.807, 2.05) is 12.1 Å². The van der Waals surface area contributed by atoms with E-state index >= 15 is 0 Å². The van der Waals surface area contributed by atoms with Gasteiger partial charge < -0.3 is 10.1 Å². The lowest BCUT2D eigenvalue weighted by Crippen LogP contribution is -2.16. The molecule has 2 aromatic rings. The van der Waals surface area contributed by atoms with E-state index in [0.717, 1.165) is 16.7 Å². The van der Waals surface area contributed by atoms with E-state index in [-0.39, 0.29) is 6.04 Å². The van der Waals surface area contributed by atoms with Crippen LogP contribution >= 0.6 is 11.5 Å². The van der Waals surface area contributed by atoms with Gasteiger partial charge in [-0.2, -0.15) is 4.37 Å². The van der Waals surface area contributed by atoms with Crippen LogP contribution in [0.3, 0.4) is 0 Å². The Morgan fingerprint density at radius 3 is 2.52 bits per heavy atom. The molecule has 1 aromatic carbocycles. The molecule has 1 aromatic heterocycles. The smallest absolute Gasteiger partial charge is 0.203 e. The number of rotatable bonds is 6. The second-order valence-corrected chi connectivity index (χ2v) is 6.62. The minimum atomic E-state index is 0.232. The summed E-state index contributed by atoms with van der Waals surface area (Å²) in [4.78, 5) is 4.63. The lowest BCUT2D eigenvalue weighted by Gasteiger charge is -2.22. The molecule has 0 aliphatic heterocycles. The molecular weight excluding hydrogens is 282 g/mol. The standard InChI is InChI=1S/C16H21N3OS/c1-10(2)14(11-6-8-13(20-3)9-7-11)17-16-18-15(19-21-16)12-4-5-12/h6-10,12,14H,4-5H2,1-3H3,(H,17,18,19). The molecule has 0 amide bonds. The van der Waals surface area contributed by atoms with Crippen LogP contribution in [0.1, 0.15) is 50.0 Å². The van der Waals surface area contributed by atoms with Crippen molar-refractivity contribution < 1.29 is 4.74 Å². The number of ether oxygens (including phenoxy) is 1. The van der Waals surface area contributed by atoms with Crippen molar-refractivity contribution in [1.82, 2.24) is 9.36 Å².